The van der Waals surface area contributed by atoms with Crippen LogP contribution in [0.1, 0.15) is 34.3 Å². The van der Waals surface area contributed by atoms with Gasteiger partial charge in [-0.2, -0.15) is 0 Å². The van der Waals surface area contributed by atoms with Gasteiger partial charge in [-0.25, -0.2) is 4.79 Å². The minimum atomic E-state index is -1.44. The van der Waals surface area contributed by atoms with Crippen LogP contribution in [-0.2, 0) is 10.3 Å². The van der Waals surface area contributed by atoms with Crippen LogP contribution in [0.2, 0.25) is 0 Å². The van der Waals surface area contributed by atoms with Crippen molar-refractivity contribution in [1.29, 1.82) is 0 Å². The van der Waals surface area contributed by atoms with Crippen LogP contribution in [0.3, 0.4) is 0 Å². The minimum absolute atomic E-state index is 0.164. The lowest BCUT2D eigenvalue weighted by molar-refractivity contribution is -0.152. The molecule has 3 aliphatic heterocycles. The molecule has 3 saturated heterocycles. The van der Waals surface area contributed by atoms with Gasteiger partial charge in [0.05, 0.1) is 0 Å². The first-order valence-corrected chi connectivity index (χ1v) is 9.91. The molecule has 1 amide bonds. The molecular formula is C23H26N2O3. The van der Waals surface area contributed by atoms with Crippen LogP contribution in [0.5, 0.6) is 0 Å². The number of piperidine rings is 3. The van der Waals surface area contributed by atoms with Crippen molar-refractivity contribution in [2.45, 2.75) is 25.3 Å². The third kappa shape index (κ3) is 3.20. The highest BCUT2D eigenvalue weighted by Gasteiger charge is 2.54. The van der Waals surface area contributed by atoms with Crippen molar-refractivity contribution in [2.75, 3.05) is 19.6 Å². The van der Waals surface area contributed by atoms with E-state index in [9.17, 15) is 14.7 Å². The summed E-state index contributed by atoms with van der Waals surface area (Å²) in [7, 11) is 0. The summed E-state index contributed by atoms with van der Waals surface area (Å²) >= 11 is 0. The van der Waals surface area contributed by atoms with E-state index in [0.717, 1.165) is 31.5 Å². The molecule has 2 bridgehead atoms. The molecule has 2 aromatic carbocycles. The number of nitrogens with one attached hydrogen (secondary N) is 1. The van der Waals surface area contributed by atoms with Crippen molar-refractivity contribution in [1.82, 2.24) is 10.2 Å². The maximum Gasteiger partial charge on any atom is 0.334 e. The molecule has 1 unspecified atom stereocenters. The van der Waals surface area contributed by atoms with Crippen molar-refractivity contribution < 1.29 is 14.7 Å². The van der Waals surface area contributed by atoms with Crippen molar-refractivity contribution in [3.63, 3.8) is 0 Å². The fourth-order valence-electron chi connectivity index (χ4n) is 4.83. The van der Waals surface area contributed by atoms with Gasteiger partial charge in [-0.3, -0.25) is 4.79 Å². The lowest BCUT2D eigenvalue weighted by atomic mass is 9.65. The Kier molecular flexibility index (Phi) is 4.94. The van der Waals surface area contributed by atoms with Gasteiger partial charge in [0, 0.05) is 18.0 Å². The van der Waals surface area contributed by atoms with E-state index in [0.29, 0.717) is 23.6 Å². The second-order valence-electron chi connectivity index (χ2n) is 8.04. The van der Waals surface area contributed by atoms with Crippen molar-refractivity contribution in [2.24, 2.45) is 11.8 Å². The Balaban J connectivity index is 1.80. The highest BCUT2D eigenvalue weighted by molar-refractivity contribution is 5.98. The number of amides is 1. The lowest BCUT2D eigenvalue weighted by Crippen LogP contribution is -2.64. The number of carboxylic acids is 1. The monoisotopic (exact) mass is 378 g/mol. The highest BCUT2D eigenvalue weighted by Crippen LogP contribution is 2.44. The van der Waals surface area contributed by atoms with Gasteiger partial charge in [0.1, 0.15) is 0 Å². The molecule has 5 heteroatoms. The molecule has 0 aliphatic carbocycles. The van der Waals surface area contributed by atoms with Crippen molar-refractivity contribution in [3.05, 3.63) is 71.3 Å². The number of aryl methyl sites for hydroxylation is 1. The summed E-state index contributed by atoms with van der Waals surface area (Å²) in [6.07, 6.45) is 1.96. The number of hydrogen-bond donors (Lipinski definition) is 2. The zero-order valence-electron chi connectivity index (χ0n) is 16.1. The fourth-order valence-corrected chi connectivity index (χ4v) is 4.83. The topological polar surface area (TPSA) is 69.6 Å². The molecule has 3 heterocycles. The van der Waals surface area contributed by atoms with Crippen LogP contribution < -0.4 is 5.32 Å². The largest absolute Gasteiger partial charge is 0.479 e. The SMILES string of the molecule is Cc1ccc([C@@](NC(=O)c2ccccc2)(C(=O)O)C2CN3CCC2CC3)cc1. The predicted molar refractivity (Wildman–Crippen MR) is 107 cm³/mol. The standard InChI is InChI=1S/C23H26N2O3/c1-16-7-9-19(10-8-16)23(22(27)28,20-15-25-13-11-17(20)12-14-25)24-21(26)18-5-3-2-4-6-18/h2-10,17,20H,11-15H2,1H3,(H,24,26)(H,27,28)/t20?,23-/m0/s1. The van der Waals surface area contributed by atoms with Crippen LogP contribution >= 0.6 is 0 Å². The highest BCUT2D eigenvalue weighted by atomic mass is 16.4. The Morgan fingerprint density at radius 3 is 2.21 bits per heavy atom. The summed E-state index contributed by atoms with van der Waals surface area (Å²) in [6.45, 7) is 4.69. The average Bonchev–Trinajstić information content (AvgIpc) is 2.74. The summed E-state index contributed by atoms with van der Waals surface area (Å²) in [6, 6.07) is 16.4. The zero-order valence-corrected chi connectivity index (χ0v) is 16.1. The third-order valence-electron chi connectivity index (χ3n) is 6.40. The molecule has 5 rings (SSSR count). The van der Waals surface area contributed by atoms with Crippen LogP contribution in [-0.4, -0.2) is 41.5 Å². The molecule has 0 aromatic heterocycles. The number of benzene rings is 2. The summed E-state index contributed by atoms with van der Waals surface area (Å²) in [5.74, 6) is -1.21. The molecular weight excluding hydrogens is 352 g/mol. The number of carbonyl (C=O) groups excluding carboxylic acids is 1. The van der Waals surface area contributed by atoms with Gasteiger partial charge in [-0.15, -0.1) is 0 Å². The minimum Gasteiger partial charge on any atom is -0.479 e. The molecule has 5 nitrogen and oxygen atoms in total. The third-order valence-corrected chi connectivity index (χ3v) is 6.40. The van der Waals surface area contributed by atoms with E-state index in [1.54, 1.807) is 24.3 Å². The number of fused-ring (bicyclic) bond motifs is 3. The lowest BCUT2D eigenvalue weighted by Gasteiger charge is -2.51. The second kappa shape index (κ2) is 7.40. The first-order valence-electron chi connectivity index (χ1n) is 9.91. The van der Waals surface area contributed by atoms with Crippen molar-refractivity contribution >= 4 is 11.9 Å². The van der Waals surface area contributed by atoms with E-state index >= 15 is 0 Å². The molecule has 3 fully saturated rings. The zero-order chi connectivity index (χ0) is 19.7. The molecule has 2 N–H and O–H groups in total. The van der Waals surface area contributed by atoms with Gasteiger partial charge in [-0.05, 0) is 56.5 Å². The molecule has 2 atom stereocenters. The maximum absolute atomic E-state index is 13.1. The van der Waals surface area contributed by atoms with Crippen LogP contribution in [0, 0.1) is 18.8 Å². The number of carboxylic acid groups (broad SMARTS) is 1. The smallest absolute Gasteiger partial charge is 0.334 e. The molecule has 2 aromatic rings. The van der Waals surface area contributed by atoms with E-state index in [2.05, 4.69) is 10.2 Å². The number of carbonyl (C=O) groups is 2. The summed E-state index contributed by atoms with van der Waals surface area (Å²) in [4.78, 5) is 28.2. The normalized spacial score (nSPS) is 25.7. The van der Waals surface area contributed by atoms with E-state index in [-0.39, 0.29) is 11.8 Å². The Hall–Kier alpha value is -2.66. The predicted octanol–water partition coefficient (Wildman–Crippen LogP) is 3.05. The van der Waals surface area contributed by atoms with Gasteiger partial charge >= 0.3 is 5.97 Å². The Labute approximate surface area is 165 Å². The molecule has 28 heavy (non-hydrogen) atoms. The molecule has 3 aliphatic rings. The summed E-state index contributed by atoms with van der Waals surface area (Å²) in [5.41, 5.74) is 0.742. The first-order chi connectivity index (χ1) is 13.5. The van der Waals surface area contributed by atoms with E-state index < -0.39 is 11.5 Å². The second-order valence-corrected chi connectivity index (χ2v) is 8.04. The van der Waals surface area contributed by atoms with Crippen LogP contribution in [0.15, 0.2) is 54.6 Å². The Morgan fingerprint density at radius 1 is 1.04 bits per heavy atom. The molecule has 0 spiro atoms. The molecule has 0 saturated carbocycles. The van der Waals surface area contributed by atoms with Gasteiger partial charge < -0.3 is 15.3 Å². The molecule has 0 radical (unpaired) electrons. The Bertz CT molecular complexity index is 857. The van der Waals surface area contributed by atoms with E-state index in [1.807, 2.05) is 37.3 Å². The quantitative estimate of drug-likeness (QED) is 0.839. The average molecular weight is 378 g/mol. The van der Waals surface area contributed by atoms with Gasteiger partial charge in [0.2, 0.25) is 0 Å². The summed E-state index contributed by atoms with van der Waals surface area (Å²) in [5, 5.41) is 13.5. The molecule has 146 valence electrons. The maximum atomic E-state index is 13.1. The fraction of sp³-hybridized carbons (Fsp3) is 0.391. The van der Waals surface area contributed by atoms with E-state index in [1.165, 1.54) is 0 Å². The summed E-state index contributed by atoms with van der Waals surface area (Å²) < 4.78 is 0. The number of rotatable bonds is 5. The Morgan fingerprint density at radius 2 is 1.68 bits per heavy atom. The number of nitrogens with zero attached hydrogens (tertiary/aromatic N) is 1. The number of aliphatic carboxylic acids is 1. The van der Waals surface area contributed by atoms with Crippen LogP contribution in [0.25, 0.3) is 0 Å². The van der Waals surface area contributed by atoms with Gasteiger partial charge in [0.25, 0.3) is 5.91 Å². The first kappa shape index (κ1) is 18.7. The van der Waals surface area contributed by atoms with Gasteiger partial charge in [-0.1, -0.05) is 48.0 Å². The van der Waals surface area contributed by atoms with Crippen molar-refractivity contribution in [3.8, 4) is 0 Å². The van der Waals surface area contributed by atoms with Gasteiger partial charge in [0.15, 0.2) is 5.54 Å². The van der Waals surface area contributed by atoms with Crippen LogP contribution in [0.4, 0.5) is 0 Å². The number of hydrogen-bond acceptors (Lipinski definition) is 3. The van der Waals surface area contributed by atoms with E-state index in [4.69, 9.17) is 0 Å².